The van der Waals surface area contributed by atoms with Crippen molar-refractivity contribution >= 4 is 11.6 Å². The van der Waals surface area contributed by atoms with Crippen molar-refractivity contribution in [1.29, 1.82) is 0 Å². The first-order chi connectivity index (χ1) is 10.0. The SMILES string of the molecule is CC1(C)NC(=O)c2nc(-c3cnn(C4CC4)c3)ncc2N1. The van der Waals surface area contributed by atoms with Crippen molar-refractivity contribution in [3.05, 3.63) is 24.3 Å². The number of hydrogen-bond donors (Lipinski definition) is 2. The van der Waals surface area contributed by atoms with Crippen LogP contribution in [0.25, 0.3) is 11.4 Å². The highest BCUT2D eigenvalue weighted by molar-refractivity contribution is 6.00. The van der Waals surface area contributed by atoms with Gasteiger partial charge in [-0.25, -0.2) is 9.97 Å². The van der Waals surface area contributed by atoms with Crippen molar-refractivity contribution < 1.29 is 4.79 Å². The molecule has 7 nitrogen and oxygen atoms in total. The lowest BCUT2D eigenvalue weighted by Crippen LogP contribution is -2.53. The predicted molar refractivity (Wildman–Crippen MR) is 76.7 cm³/mol. The first-order valence-corrected chi connectivity index (χ1v) is 7.04. The average Bonchev–Trinajstić information content (AvgIpc) is 3.15. The molecule has 0 saturated heterocycles. The van der Waals surface area contributed by atoms with Gasteiger partial charge in [-0.3, -0.25) is 9.48 Å². The van der Waals surface area contributed by atoms with Crippen LogP contribution in [0.4, 0.5) is 5.69 Å². The van der Waals surface area contributed by atoms with Crippen molar-refractivity contribution in [3.63, 3.8) is 0 Å². The smallest absolute Gasteiger partial charge is 0.273 e. The van der Waals surface area contributed by atoms with Gasteiger partial charge < -0.3 is 10.6 Å². The number of carbonyl (C=O) groups excluding carboxylic acids is 1. The van der Waals surface area contributed by atoms with Gasteiger partial charge in [0.25, 0.3) is 5.91 Å². The van der Waals surface area contributed by atoms with E-state index in [1.807, 2.05) is 24.7 Å². The molecule has 0 bridgehead atoms. The lowest BCUT2D eigenvalue weighted by Gasteiger charge is -2.33. The third-order valence-corrected chi connectivity index (χ3v) is 3.66. The minimum atomic E-state index is -0.494. The van der Waals surface area contributed by atoms with Crippen LogP contribution in [0.15, 0.2) is 18.6 Å². The molecule has 108 valence electrons. The van der Waals surface area contributed by atoms with E-state index in [1.165, 1.54) is 12.8 Å². The Morgan fingerprint density at radius 3 is 2.86 bits per heavy atom. The van der Waals surface area contributed by atoms with Gasteiger partial charge in [-0.05, 0) is 26.7 Å². The number of amides is 1. The molecule has 2 N–H and O–H groups in total. The second kappa shape index (κ2) is 4.03. The summed E-state index contributed by atoms with van der Waals surface area (Å²) in [6.07, 6.45) is 7.70. The monoisotopic (exact) mass is 284 g/mol. The molecule has 0 atom stereocenters. The molecule has 3 heterocycles. The summed E-state index contributed by atoms with van der Waals surface area (Å²) in [7, 11) is 0. The van der Waals surface area contributed by atoms with Crippen LogP contribution in [0.5, 0.6) is 0 Å². The number of nitrogens with one attached hydrogen (secondary N) is 2. The lowest BCUT2D eigenvalue weighted by atomic mass is 10.1. The van der Waals surface area contributed by atoms with Gasteiger partial charge in [0, 0.05) is 6.20 Å². The fourth-order valence-corrected chi connectivity index (χ4v) is 2.49. The van der Waals surface area contributed by atoms with Gasteiger partial charge in [-0.1, -0.05) is 0 Å². The molecule has 7 heteroatoms. The van der Waals surface area contributed by atoms with Gasteiger partial charge in [0.15, 0.2) is 11.5 Å². The second-order valence-electron chi connectivity index (χ2n) is 6.10. The summed E-state index contributed by atoms with van der Waals surface area (Å²) in [5, 5.41) is 10.4. The third-order valence-electron chi connectivity index (χ3n) is 3.66. The summed E-state index contributed by atoms with van der Waals surface area (Å²) >= 11 is 0. The van der Waals surface area contributed by atoms with Crippen LogP contribution < -0.4 is 10.6 Å². The van der Waals surface area contributed by atoms with Gasteiger partial charge in [-0.15, -0.1) is 0 Å². The molecule has 1 aliphatic heterocycles. The van der Waals surface area contributed by atoms with E-state index in [0.29, 0.717) is 23.2 Å². The van der Waals surface area contributed by atoms with Crippen molar-refractivity contribution in [2.24, 2.45) is 0 Å². The summed E-state index contributed by atoms with van der Waals surface area (Å²) in [6.45, 7) is 3.78. The van der Waals surface area contributed by atoms with Crippen LogP contribution in [0.2, 0.25) is 0 Å². The van der Waals surface area contributed by atoms with E-state index in [4.69, 9.17) is 0 Å². The van der Waals surface area contributed by atoms with E-state index >= 15 is 0 Å². The molecule has 0 unspecified atom stereocenters. The zero-order valence-electron chi connectivity index (χ0n) is 11.9. The number of carbonyl (C=O) groups is 1. The Labute approximate surface area is 121 Å². The molecule has 0 spiro atoms. The normalized spacial score (nSPS) is 19.6. The Hall–Kier alpha value is -2.44. The number of rotatable bonds is 2. The molecule has 1 aliphatic carbocycles. The number of anilines is 1. The van der Waals surface area contributed by atoms with E-state index in [9.17, 15) is 4.79 Å². The van der Waals surface area contributed by atoms with Crippen molar-refractivity contribution in [1.82, 2.24) is 25.1 Å². The molecular formula is C14H16N6O. The van der Waals surface area contributed by atoms with Gasteiger partial charge >= 0.3 is 0 Å². The highest BCUT2D eigenvalue weighted by Gasteiger charge is 2.31. The Balaban J connectivity index is 1.71. The van der Waals surface area contributed by atoms with Crippen molar-refractivity contribution in [2.45, 2.75) is 38.4 Å². The summed E-state index contributed by atoms with van der Waals surface area (Å²) in [5.41, 5.74) is 1.37. The molecule has 1 amide bonds. The van der Waals surface area contributed by atoms with Gasteiger partial charge in [0.1, 0.15) is 5.66 Å². The molecule has 21 heavy (non-hydrogen) atoms. The van der Waals surface area contributed by atoms with Gasteiger partial charge in [-0.2, -0.15) is 5.10 Å². The lowest BCUT2D eigenvalue weighted by molar-refractivity contribution is 0.0908. The molecule has 2 aliphatic rings. The summed E-state index contributed by atoms with van der Waals surface area (Å²) in [6, 6.07) is 0.516. The van der Waals surface area contributed by atoms with Crippen LogP contribution in [0.1, 0.15) is 43.2 Å². The summed E-state index contributed by atoms with van der Waals surface area (Å²) < 4.78 is 1.94. The van der Waals surface area contributed by atoms with E-state index in [-0.39, 0.29) is 5.91 Å². The van der Waals surface area contributed by atoms with Crippen molar-refractivity contribution in [2.75, 3.05) is 5.32 Å². The van der Waals surface area contributed by atoms with E-state index < -0.39 is 5.66 Å². The largest absolute Gasteiger partial charge is 0.360 e. The number of aromatic nitrogens is 4. The molecular weight excluding hydrogens is 268 g/mol. The van der Waals surface area contributed by atoms with Crippen molar-refractivity contribution in [3.8, 4) is 11.4 Å². The predicted octanol–water partition coefficient (Wildman–Crippen LogP) is 1.57. The number of hydrogen-bond acceptors (Lipinski definition) is 5. The van der Waals surface area contributed by atoms with E-state index in [0.717, 1.165) is 5.56 Å². The van der Waals surface area contributed by atoms with Crippen LogP contribution in [0, 0.1) is 0 Å². The van der Waals surface area contributed by atoms with Crippen LogP contribution in [-0.2, 0) is 0 Å². The molecule has 2 aromatic heterocycles. The molecule has 0 radical (unpaired) electrons. The molecule has 1 saturated carbocycles. The van der Waals surface area contributed by atoms with Crippen LogP contribution in [-0.4, -0.2) is 31.3 Å². The molecule has 4 rings (SSSR count). The van der Waals surface area contributed by atoms with Gasteiger partial charge in [0.2, 0.25) is 0 Å². The third kappa shape index (κ3) is 2.14. The summed E-state index contributed by atoms with van der Waals surface area (Å²) in [5.74, 6) is 0.337. The highest BCUT2D eigenvalue weighted by atomic mass is 16.2. The first-order valence-electron chi connectivity index (χ1n) is 7.04. The quantitative estimate of drug-likeness (QED) is 0.874. The standard InChI is InChI=1S/C14H16N6O/c1-14(2)18-10-6-15-12(17-11(10)13(21)19-14)8-5-16-20(7-8)9-3-4-9/h5-7,9,18H,3-4H2,1-2H3,(H,19,21). The Morgan fingerprint density at radius 2 is 2.10 bits per heavy atom. The van der Waals surface area contributed by atoms with E-state index in [2.05, 4.69) is 25.7 Å². The zero-order chi connectivity index (χ0) is 14.6. The molecule has 1 fully saturated rings. The highest BCUT2D eigenvalue weighted by Crippen LogP contribution is 2.35. The number of fused-ring (bicyclic) bond motifs is 1. The Morgan fingerprint density at radius 1 is 1.29 bits per heavy atom. The van der Waals surface area contributed by atoms with E-state index in [1.54, 1.807) is 12.4 Å². The maximum absolute atomic E-state index is 12.1. The topological polar surface area (TPSA) is 84.7 Å². The average molecular weight is 284 g/mol. The number of nitrogens with zero attached hydrogens (tertiary/aromatic N) is 4. The van der Waals surface area contributed by atoms with Crippen LogP contribution in [0.3, 0.4) is 0 Å². The summed E-state index contributed by atoms with van der Waals surface area (Å²) in [4.78, 5) is 20.9. The van der Waals surface area contributed by atoms with Crippen LogP contribution >= 0.6 is 0 Å². The maximum Gasteiger partial charge on any atom is 0.273 e. The minimum absolute atomic E-state index is 0.188. The second-order valence-corrected chi connectivity index (χ2v) is 6.10. The molecule has 0 aromatic carbocycles. The first kappa shape index (κ1) is 12.3. The Kier molecular flexibility index (Phi) is 2.36. The maximum atomic E-state index is 12.1. The fraction of sp³-hybridized carbons (Fsp3) is 0.429. The van der Waals surface area contributed by atoms with Gasteiger partial charge in [0.05, 0.1) is 29.7 Å². The molecule has 2 aromatic rings. The minimum Gasteiger partial charge on any atom is -0.360 e. The zero-order valence-corrected chi connectivity index (χ0v) is 11.9. The Bertz CT molecular complexity index is 731. The fourth-order valence-electron chi connectivity index (χ4n) is 2.49.